The summed E-state index contributed by atoms with van der Waals surface area (Å²) in [6, 6.07) is 11.5. The van der Waals surface area contributed by atoms with Gasteiger partial charge in [-0.25, -0.2) is 8.96 Å². The van der Waals surface area contributed by atoms with Crippen LogP contribution in [0.25, 0.3) is 22.7 Å². The highest BCUT2D eigenvalue weighted by atomic mass is 79.9. The summed E-state index contributed by atoms with van der Waals surface area (Å²) in [5, 5.41) is 0.496. The molecule has 9 heteroatoms. The standard InChI is InChI=1S/C33H44F4N3.2BrH/c1-5-9-21-40(22-10-6-2)31-16-15-28-27(13-11-14-29(28)32(31)33(35,36)37)25-30(34)26-17-23-39(24-18-26)20-12-19-38(7-3)8-4;;/h11,13-18,23-25H,5-10,12,19-22H2,1-4H3;2*1H/q+1;;/p-1/b30-25-;;. The summed E-state index contributed by atoms with van der Waals surface area (Å²) >= 11 is 0. The molecule has 3 rings (SSSR count). The van der Waals surface area contributed by atoms with Gasteiger partial charge in [0.2, 0.25) is 0 Å². The Labute approximate surface area is 270 Å². The van der Waals surface area contributed by atoms with E-state index >= 15 is 4.39 Å². The maximum absolute atomic E-state index is 15.4. The van der Waals surface area contributed by atoms with Gasteiger partial charge in [-0.1, -0.05) is 51.0 Å². The fourth-order valence-corrected chi connectivity index (χ4v) is 5.21. The van der Waals surface area contributed by atoms with Crippen LogP contribution in [-0.4, -0.2) is 32.7 Å². The number of hydrogen-bond donors (Lipinski definition) is 1. The van der Waals surface area contributed by atoms with Crippen LogP contribution < -0.4 is 48.3 Å². The lowest BCUT2D eigenvalue weighted by Crippen LogP contribution is -3.11. The Balaban J connectivity index is 0.00000441. The molecule has 0 saturated carbocycles. The third-order valence-electron chi connectivity index (χ3n) is 7.66. The molecule has 1 aromatic heterocycles. The van der Waals surface area contributed by atoms with Crippen LogP contribution in [0, 0.1) is 0 Å². The predicted octanol–water partition coefficient (Wildman–Crippen LogP) is 1.34. The Morgan fingerprint density at radius 1 is 0.833 bits per heavy atom. The van der Waals surface area contributed by atoms with E-state index < -0.39 is 17.6 Å². The van der Waals surface area contributed by atoms with Crippen molar-refractivity contribution in [2.24, 2.45) is 0 Å². The van der Waals surface area contributed by atoms with Crippen LogP contribution >= 0.6 is 0 Å². The van der Waals surface area contributed by atoms with Gasteiger partial charge in [0.1, 0.15) is 5.83 Å². The minimum Gasteiger partial charge on any atom is -1.00 e. The first-order chi connectivity index (χ1) is 19.2. The third-order valence-corrected chi connectivity index (χ3v) is 7.66. The SMILES string of the molecule is CCCCN(CCCC)c1ccc2c(/C=C(\F)c3cc[n+](CCC[NH+](CC)CC)cc3)cccc2c1C(F)(F)F.[Br-].[Br-]. The molecule has 0 atom stereocenters. The lowest BCUT2D eigenvalue weighted by atomic mass is 9.96. The maximum Gasteiger partial charge on any atom is 0.418 e. The molecule has 42 heavy (non-hydrogen) atoms. The Bertz CT molecular complexity index is 1230. The largest absolute Gasteiger partial charge is 1.00 e. The molecule has 0 aliphatic rings. The number of fused-ring (bicyclic) bond motifs is 1. The van der Waals surface area contributed by atoms with Crippen molar-refractivity contribution < 1.29 is 61.0 Å². The second-order valence-electron chi connectivity index (χ2n) is 10.5. The molecule has 0 amide bonds. The quantitative estimate of drug-likeness (QED) is 0.185. The van der Waals surface area contributed by atoms with Crippen LogP contribution in [0.3, 0.4) is 0 Å². The van der Waals surface area contributed by atoms with Crippen LogP contribution in [0.4, 0.5) is 23.2 Å². The van der Waals surface area contributed by atoms with Crippen LogP contribution in [0.1, 0.15) is 76.5 Å². The van der Waals surface area contributed by atoms with Crippen molar-refractivity contribution in [3.8, 4) is 0 Å². The highest BCUT2D eigenvalue weighted by molar-refractivity contribution is 5.98. The first-order valence-electron chi connectivity index (χ1n) is 14.8. The molecular weight excluding hydrogens is 674 g/mol. The number of aromatic nitrogens is 1. The monoisotopic (exact) mass is 717 g/mol. The second-order valence-corrected chi connectivity index (χ2v) is 10.5. The van der Waals surface area contributed by atoms with Crippen molar-refractivity contribution in [2.75, 3.05) is 37.6 Å². The van der Waals surface area contributed by atoms with Crippen LogP contribution in [0.5, 0.6) is 0 Å². The van der Waals surface area contributed by atoms with Crippen molar-refractivity contribution in [2.45, 2.75) is 72.5 Å². The zero-order valence-electron chi connectivity index (χ0n) is 25.2. The van der Waals surface area contributed by atoms with Gasteiger partial charge in [0.05, 0.1) is 31.6 Å². The van der Waals surface area contributed by atoms with Gasteiger partial charge in [-0.3, -0.25) is 0 Å². The zero-order chi connectivity index (χ0) is 29.1. The number of benzene rings is 2. The normalized spacial score (nSPS) is 11.9. The molecular formula is C33H45Br2F4N3. The Hall–Kier alpha value is -1.97. The summed E-state index contributed by atoms with van der Waals surface area (Å²) in [6.07, 6.45) is 5.02. The van der Waals surface area contributed by atoms with Gasteiger partial charge in [-0.05, 0) is 55.2 Å². The molecule has 0 aliphatic heterocycles. The van der Waals surface area contributed by atoms with Crippen molar-refractivity contribution >= 4 is 28.4 Å². The number of alkyl halides is 3. The van der Waals surface area contributed by atoms with Gasteiger partial charge in [0, 0.05) is 36.5 Å². The van der Waals surface area contributed by atoms with E-state index in [1.807, 2.05) is 35.7 Å². The number of rotatable bonds is 15. The summed E-state index contributed by atoms with van der Waals surface area (Å²) in [4.78, 5) is 3.41. The fourth-order valence-electron chi connectivity index (χ4n) is 5.21. The molecule has 0 fully saturated rings. The highest BCUT2D eigenvalue weighted by Gasteiger charge is 2.37. The zero-order valence-corrected chi connectivity index (χ0v) is 28.4. The molecule has 1 heterocycles. The number of anilines is 1. The second kappa shape index (κ2) is 18.6. The average molecular weight is 720 g/mol. The van der Waals surface area contributed by atoms with E-state index in [1.54, 1.807) is 41.3 Å². The average Bonchev–Trinajstić information content (AvgIpc) is 2.94. The molecule has 0 spiro atoms. The van der Waals surface area contributed by atoms with Crippen LogP contribution in [-0.2, 0) is 12.7 Å². The fraction of sp³-hybridized carbons (Fsp3) is 0.485. The number of halogens is 6. The topological polar surface area (TPSA) is 11.6 Å². The Kier molecular flexibility index (Phi) is 16.9. The Morgan fingerprint density at radius 3 is 2.00 bits per heavy atom. The van der Waals surface area contributed by atoms with Gasteiger partial charge in [-0.2, -0.15) is 13.2 Å². The number of nitrogens with one attached hydrogen (secondary N) is 1. The Morgan fingerprint density at radius 2 is 1.45 bits per heavy atom. The van der Waals surface area contributed by atoms with E-state index in [2.05, 4.69) is 13.8 Å². The summed E-state index contributed by atoms with van der Waals surface area (Å²) in [5.74, 6) is -0.475. The molecule has 3 aromatic rings. The number of hydrogen-bond acceptors (Lipinski definition) is 1. The number of nitrogens with zero attached hydrogens (tertiary/aromatic N) is 2. The first kappa shape index (κ1) is 38.1. The van der Waals surface area contributed by atoms with Crippen LogP contribution in [0.2, 0.25) is 0 Å². The number of pyridine rings is 1. The molecule has 3 nitrogen and oxygen atoms in total. The third kappa shape index (κ3) is 10.3. The number of unbranched alkanes of at least 4 members (excludes halogenated alkanes) is 2. The van der Waals surface area contributed by atoms with Gasteiger partial charge in [0.25, 0.3) is 0 Å². The molecule has 0 aliphatic carbocycles. The maximum atomic E-state index is 15.4. The molecule has 0 bridgehead atoms. The van der Waals surface area contributed by atoms with E-state index in [-0.39, 0.29) is 45.0 Å². The molecule has 2 aromatic carbocycles. The van der Waals surface area contributed by atoms with E-state index in [1.165, 1.54) is 12.1 Å². The van der Waals surface area contributed by atoms with E-state index in [0.29, 0.717) is 29.6 Å². The molecule has 234 valence electrons. The van der Waals surface area contributed by atoms with E-state index in [0.717, 1.165) is 58.3 Å². The summed E-state index contributed by atoms with van der Waals surface area (Å²) in [5.41, 5.74) is 0.402. The van der Waals surface area contributed by atoms with Gasteiger partial charge < -0.3 is 43.8 Å². The summed E-state index contributed by atoms with van der Waals surface area (Å²) in [6.45, 7) is 13.7. The van der Waals surface area contributed by atoms with Crippen LogP contribution in [0.15, 0.2) is 54.9 Å². The minimum atomic E-state index is -4.54. The lowest BCUT2D eigenvalue weighted by Gasteiger charge is -2.29. The van der Waals surface area contributed by atoms with Gasteiger partial charge >= 0.3 is 6.18 Å². The summed E-state index contributed by atoms with van der Waals surface area (Å²) in [7, 11) is 0. The highest BCUT2D eigenvalue weighted by Crippen LogP contribution is 2.43. The van der Waals surface area contributed by atoms with E-state index in [9.17, 15) is 13.2 Å². The van der Waals surface area contributed by atoms with Gasteiger partial charge in [0.15, 0.2) is 18.9 Å². The molecule has 1 N–H and O–H groups in total. The first-order valence-corrected chi connectivity index (χ1v) is 14.8. The smallest absolute Gasteiger partial charge is 0.418 e. The van der Waals surface area contributed by atoms with Crippen molar-refractivity contribution in [1.29, 1.82) is 0 Å². The molecule has 0 radical (unpaired) electrons. The predicted molar refractivity (Wildman–Crippen MR) is 158 cm³/mol. The summed E-state index contributed by atoms with van der Waals surface area (Å²) < 4.78 is 61.0. The van der Waals surface area contributed by atoms with Crippen molar-refractivity contribution in [3.05, 3.63) is 71.5 Å². The van der Waals surface area contributed by atoms with Gasteiger partial charge in [-0.15, -0.1) is 0 Å². The molecule has 0 unspecified atom stereocenters. The number of aryl methyl sites for hydroxylation is 1. The molecule has 0 saturated heterocycles. The lowest BCUT2D eigenvalue weighted by molar-refractivity contribution is -0.898. The van der Waals surface area contributed by atoms with E-state index in [4.69, 9.17) is 0 Å². The minimum absolute atomic E-state index is 0. The number of quaternary nitrogens is 1. The van der Waals surface area contributed by atoms with Crippen molar-refractivity contribution in [3.63, 3.8) is 0 Å². The van der Waals surface area contributed by atoms with Crippen molar-refractivity contribution in [1.82, 2.24) is 0 Å².